The first-order valence-electron chi connectivity index (χ1n) is 7.57. The molecule has 1 aliphatic heterocycles. The number of anilines is 2. The van der Waals surface area contributed by atoms with E-state index in [0.717, 1.165) is 16.5 Å². The third kappa shape index (κ3) is 2.63. The number of rotatable bonds is 3. The topological polar surface area (TPSA) is 75.2 Å². The van der Waals surface area contributed by atoms with Crippen LogP contribution in [0.1, 0.15) is 6.42 Å². The molecule has 2 aromatic carbocycles. The van der Waals surface area contributed by atoms with E-state index in [4.69, 9.17) is 0 Å². The summed E-state index contributed by atoms with van der Waals surface area (Å²) in [5.74, 6) is -0.619. The van der Waals surface area contributed by atoms with Crippen molar-refractivity contribution in [3.8, 4) is 0 Å². The van der Waals surface area contributed by atoms with Crippen LogP contribution in [0.25, 0.3) is 10.8 Å². The number of hydrogen-bond acceptors (Lipinski definition) is 5. The molecule has 120 valence electrons. The van der Waals surface area contributed by atoms with Gasteiger partial charge in [0.05, 0.1) is 11.6 Å². The summed E-state index contributed by atoms with van der Waals surface area (Å²) < 4.78 is 0. The summed E-state index contributed by atoms with van der Waals surface area (Å²) in [5, 5.41) is 12.8. The molecule has 1 fully saturated rings. The van der Waals surface area contributed by atoms with Gasteiger partial charge in [-0.2, -0.15) is 0 Å². The number of carbonyl (C=O) groups is 2. The minimum Gasteiger partial charge on any atom is -0.311 e. The highest BCUT2D eigenvalue weighted by Gasteiger charge is 2.35. The van der Waals surface area contributed by atoms with Crippen LogP contribution in [-0.2, 0) is 9.59 Å². The van der Waals surface area contributed by atoms with Crippen LogP contribution in [0.2, 0.25) is 0 Å². The number of hydrogen-bond donors (Lipinski definition) is 1. The molecule has 0 bridgehead atoms. The zero-order valence-corrected chi connectivity index (χ0v) is 13.5. The lowest BCUT2D eigenvalue weighted by Crippen LogP contribution is -2.28. The molecule has 2 heterocycles. The molecule has 1 atom stereocenters. The van der Waals surface area contributed by atoms with Gasteiger partial charge in [0.1, 0.15) is 5.51 Å². The highest BCUT2D eigenvalue weighted by atomic mass is 32.1. The molecule has 7 heteroatoms. The van der Waals surface area contributed by atoms with Crippen LogP contribution >= 0.6 is 11.3 Å². The number of fused-ring (bicyclic) bond motifs is 1. The second kappa shape index (κ2) is 6.01. The van der Waals surface area contributed by atoms with E-state index in [0.29, 0.717) is 11.7 Å². The molecule has 3 aromatic rings. The van der Waals surface area contributed by atoms with E-state index in [9.17, 15) is 9.59 Å². The van der Waals surface area contributed by atoms with Gasteiger partial charge in [-0.05, 0) is 11.5 Å². The SMILES string of the molecule is O=C(Nc1nncs1)[C@@H]1CC(=O)N(c2cccc3ccccc23)C1. The molecule has 2 amide bonds. The van der Waals surface area contributed by atoms with Crippen LogP contribution in [0.15, 0.2) is 48.0 Å². The Morgan fingerprint density at radius 1 is 1.21 bits per heavy atom. The molecule has 0 radical (unpaired) electrons. The third-order valence-corrected chi connectivity index (χ3v) is 4.75. The summed E-state index contributed by atoms with van der Waals surface area (Å²) in [6, 6.07) is 13.8. The van der Waals surface area contributed by atoms with Gasteiger partial charge in [0.25, 0.3) is 0 Å². The Balaban J connectivity index is 1.58. The van der Waals surface area contributed by atoms with Gasteiger partial charge in [-0.25, -0.2) is 0 Å². The molecule has 0 aliphatic carbocycles. The van der Waals surface area contributed by atoms with Crippen LogP contribution in [0.5, 0.6) is 0 Å². The van der Waals surface area contributed by atoms with Crippen molar-refractivity contribution >= 4 is 44.7 Å². The van der Waals surface area contributed by atoms with E-state index in [2.05, 4.69) is 15.5 Å². The Bertz CT molecular complexity index is 905. The summed E-state index contributed by atoms with van der Waals surface area (Å²) >= 11 is 1.26. The maximum absolute atomic E-state index is 12.5. The van der Waals surface area contributed by atoms with Gasteiger partial charge >= 0.3 is 0 Å². The van der Waals surface area contributed by atoms with Crippen molar-refractivity contribution in [3.63, 3.8) is 0 Å². The molecule has 1 aliphatic rings. The first kappa shape index (κ1) is 14.8. The van der Waals surface area contributed by atoms with Crippen molar-refractivity contribution in [2.45, 2.75) is 6.42 Å². The number of benzene rings is 2. The van der Waals surface area contributed by atoms with Gasteiger partial charge < -0.3 is 10.2 Å². The Hall–Kier alpha value is -2.80. The Kier molecular flexibility index (Phi) is 3.70. The van der Waals surface area contributed by atoms with Crippen molar-refractivity contribution in [2.75, 3.05) is 16.8 Å². The van der Waals surface area contributed by atoms with Crippen molar-refractivity contribution in [3.05, 3.63) is 48.0 Å². The molecule has 0 unspecified atom stereocenters. The molecule has 0 spiro atoms. The second-order valence-corrected chi connectivity index (χ2v) is 6.47. The standard InChI is InChI=1S/C17H14N4O2S/c22-15-8-12(16(23)19-17-20-18-10-24-17)9-21(15)14-7-3-5-11-4-1-2-6-13(11)14/h1-7,10,12H,8-9H2,(H,19,20,23)/t12-/m1/s1. The lowest BCUT2D eigenvalue weighted by Gasteiger charge is -2.18. The molecule has 1 N–H and O–H groups in total. The lowest BCUT2D eigenvalue weighted by molar-refractivity contribution is -0.122. The maximum atomic E-state index is 12.5. The van der Waals surface area contributed by atoms with Gasteiger partial charge in [-0.3, -0.25) is 9.59 Å². The predicted molar refractivity (Wildman–Crippen MR) is 92.9 cm³/mol. The summed E-state index contributed by atoms with van der Waals surface area (Å²) in [7, 11) is 0. The number of nitrogens with zero attached hydrogens (tertiary/aromatic N) is 3. The van der Waals surface area contributed by atoms with E-state index < -0.39 is 0 Å². The molecule has 1 saturated heterocycles. The van der Waals surface area contributed by atoms with Crippen molar-refractivity contribution in [1.29, 1.82) is 0 Å². The van der Waals surface area contributed by atoms with Gasteiger partial charge in [0, 0.05) is 18.4 Å². The molecular formula is C17H14N4O2S. The average Bonchev–Trinajstić information content (AvgIpc) is 3.24. The fourth-order valence-electron chi connectivity index (χ4n) is 2.99. The van der Waals surface area contributed by atoms with E-state index in [1.54, 1.807) is 10.4 Å². The number of nitrogens with one attached hydrogen (secondary N) is 1. The van der Waals surface area contributed by atoms with Crippen LogP contribution in [0, 0.1) is 5.92 Å². The van der Waals surface area contributed by atoms with E-state index in [-0.39, 0.29) is 24.2 Å². The van der Waals surface area contributed by atoms with E-state index >= 15 is 0 Å². The van der Waals surface area contributed by atoms with Crippen molar-refractivity contribution < 1.29 is 9.59 Å². The van der Waals surface area contributed by atoms with Crippen LogP contribution in [0.3, 0.4) is 0 Å². The Morgan fingerprint density at radius 3 is 2.88 bits per heavy atom. The minimum absolute atomic E-state index is 0.0382. The molecule has 6 nitrogen and oxygen atoms in total. The van der Waals surface area contributed by atoms with Crippen LogP contribution in [-0.4, -0.2) is 28.6 Å². The van der Waals surface area contributed by atoms with Crippen molar-refractivity contribution in [2.24, 2.45) is 5.92 Å². The number of aromatic nitrogens is 2. The van der Waals surface area contributed by atoms with E-state index in [1.807, 2.05) is 42.5 Å². The summed E-state index contributed by atoms with van der Waals surface area (Å²) in [4.78, 5) is 26.5. The zero-order valence-electron chi connectivity index (χ0n) is 12.7. The number of amides is 2. The third-order valence-electron chi connectivity index (χ3n) is 4.14. The second-order valence-electron chi connectivity index (χ2n) is 5.64. The molecule has 24 heavy (non-hydrogen) atoms. The average molecular weight is 338 g/mol. The molecule has 4 rings (SSSR count). The van der Waals surface area contributed by atoms with Crippen LogP contribution in [0.4, 0.5) is 10.8 Å². The Labute approximate surface area is 142 Å². The molecule has 1 aromatic heterocycles. The highest BCUT2D eigenvalue weighted by Crippen LogP contribution is 2.32. The Morgan fingerprint density at radius 2 is 2.04 bits per heavy atom. The fourth-order valence-corrected chi connectivity index (χ4v) is 3.44. The first-order valence-corrected chi connectivity index (χ1v) is 8.45. The molecular weight excluding hydrogens is 324 g/mol. The monoisotopic (exact) mass is 338 g/mol. The summed E-state index contributed by atoms with van der Waals surface area (Å²) in [6.45, 7) is 0.372. The van der Waals surface area contributed by atoms with Crippen molar-refractivity contribution in [1.82, 2.24) is 10.2 Å². The highest BCUT2D eigenvalue weighted by molar-refractivity contribution is 7.13. The lowest BCUT2D eigenvalue weighted by atomic mass is 10.1. The predicted octanol–water partition coefficient (Wildman–Crippen LogP) is 2.68. The summed E-state index contributed by atoms with van der Waals surface area (Å²) in [5.41, 5.74) is 2.40. The van der Waals surface area contributed by atoms with Gasteiger partial charge in [-0.1, -0.05) is 47.7 Å². The largest absolute Gasteiger partial charge is 0.311 e. The zero-order chi connectivity index (χ0) is 16.5. The first-order chi connectivity index (χ1) is 11.7. The summed E-state index contributed by atoms with van der Waals surface area (Å²) in [6.07, 6.45) is 0.202. The van der Waals surface area contributed by atoms with Gasteiger partial charge in [-0.15, -0.1) is 10.2 Å². The van der Waals surface area contributed by atoms with Gasteiger partial charge in [0.2, 0.25) is 16.9 Å². The minimum atomic E-state index is -0.389. The molecule has 0 saturated carbocycles. The van der Waals surface area contributed by atoms with E-state index in [1.165, 1.54) is 11.3 Å². The normalized spacial score (nSPS) is 17.4. The van der Waals surface area contributed by atoms with Gasteiger partial charge in [0.15, 0.2) is 0 Å². The van der Waals surface area contributed by atoms with Crippen LogP contribution < -0.4 is 10.2 Å². The smallest absolute Gasteiger partial charge is 0.231 e. The number of carbonyl (C=O) groups excluding carboxylic acids is 2. The maximum Gasteiger partial charge on any atom is 0.231 e. The fraction of sp³-hybridized carbons (Fsp3) is 0.176. The quantitative estimate of drug-likeness (QED) is 0.797.